The van der Waals surface area contributed by atoms with E-state index in [0.29, 0.717) is 12.8 Å². The minimum atomic E-state index is -5.48. The van der Waals surface area contributed by atoms with Crippen LogP contribution in [0.4, 0.5) is 22.0 Å². The van der Waals surface area contributed by atoms with Crippen LogP contribution in [0.2, 0.25) is 0 Å². The maximum Gasteiger partial charge on any atom is 0.453 e. The zero-order valence-electron chi connectivity index (χ0n) is 7.30. The van der Waals surface area contributed by atoms with Crippen LogP contribution < -0.4 is 0 Å². The highest BCUT2D eigenvalue weighted by atomic mass is 19.4. The molecule has 0 fully saturated rings. The maximum atomic E-state index is 12.5. The maximum absolute atomic E-state index is 12.5. The van der Waals surface area contributed by atoms with Gasteiger partial charge in [-0.2, -0.15) is 22.0 Å². The van der Waals surface area contributed by atoms with Crippen LogP contribution in [0.3, 0.4) is 0 Å². The van der Waals surface area contributed by atoms with Crippen molar-refractivity contribution in [3.05, 3.63) is 6.92 Å². The van der Waals surface area contributed by atoms with Gasteiger partial charge in [0.1, 0.15) is 0 Å². The largest absolute Gasteiger partial charge is 0.453 e. The van der Waals surface area contributed by atoms with Crippen LogP contribution in [0.15, 0.2) is 0 Å². The highest BCUT2D eigenvalue weighted by Gasteiger charge is 2.60. The number of halogens is 5. The van der Waals surface area contributed by atoms with Gasteiger partial charge in [0.2, 0.25) is 0 Å². The third kappa shape index (κ3) is 3.12. The van der Waals surface area contributed by atoms with Gasteiger partial charge in [0.15, 0.2) is 0 Å². The normalized spacial score (nSPS) is 15.9. The summed E-state index contributed by atoms with van der Waals surface area (Å²) in [7, 11) is 0. The Kier molecular flexibility index (Phi) is 4.13. The number of alkyl halides is 5. The van der Waals surface area contributed by atoms with E-state index < -0.39 is 18.0 Å². The predicted octanol–water partition coefficient (Wildman–Crippen LogP) is 3.82. The molecule has 1 radical (unpaired) electrons. The molecule has 0 aromatic rings. The van der Waals surface area contributed by atoms with Gasteiger partial charge >= 0.3 is 12.1 Å². The Balaban J connectivity index is 4.27. The molecule has 5 heteroatoms. The highest BCUT2D eigenvalue weighted by molar-refractivity contribution is 4.85. The van der Waals surface area contributed by atoms with Crippen LogP contribution >= 0.6 is 0 Å². The van der Waals surface area contributed by atoms with Crippen LogP contribution in [0.1, 0.15) is 26.2 Å². The summed E-state index contributed by atoms with van der Waals surface area (Å²) in [6, 6.07) is 0. The van der Waals surface area contributed by atoms with Crippen LogP contribution in [0.25, 0.3) is 0 Å². The van der Waals surface area contributed by atoms with Crippen molar-refractivity contribution in [1.29, 1.82) is 0 Å². The first kappa shape index (κ1) is 12.7. The summed E-state index contributed by atoms with van der Waals surface area (Å²) in [5, 5.41) is 0. The topological polar surface area (TPSA) is 0 Å². The first-order valence-corrected chi connectivity index (χ1v) is 4.01. The number of unbranched alkanes of at least 4 members (excludes halogenated alkanes) is 1. The summed E-state index contributed by atoms with van der Waals surface area (Å²) in [5.74, 6) is -6.55. The molecule has 0 aliphatic heterocycles. The smallest absolute Gasteiger partial charge is 0.196 e. The van der Waals surface area contributed by atoms with Gasteiger partial charge in [-0.3, -0.25) is 0 Å². The Morgan fingerprint density at radius 3 is 1.92 bits per heavy atom. The van der Waals surface area contributed by atoms with Crippen molar-refractivity contribution in [2.45, 2.75) is 38.3 Å². The molecule has 0 aliphatic carbocycles. The van der Waals surface area contributed by atoms with Gasteiger partial charge in [-0.25, -0.2) is 0 Å². The first-order chi connectivity index (χ1) is 5.73. The van der Waals surface area contributed by atoms with E-state index in [1.54, 1.807) is 6.92 Å². The molecule has 79 valence electrons. The average Bonchev–Trinajstić information content (AvgIpc) is 1.97. The Hall–Kier alpha value is -0.350. The fourth-order valence-electron chi connectivity index (χ4n) is 0.863. The Morgan fingerprint density at radius 1 is 1.15 bits per heavy atom. The average molecular weight is 203 g/mol. The summed E-state index contributed by atoms with van der Waals surface area (Å²) in [5.41, 5.74) is 0. The summed E-state index contributed by atoms with van der Waals surface area (Å²) in [6.07, 6.45) is -4.77. The second-order valence-electron chi connectivity index (χ2n) is 2.96. The Morgan fingerprint density at radius 2 is 1.62 bits per heavy atom. The standard InChI is InChI=1S/C8H12F5/c1-3-4-5-6(2)7(9,10)8(11,12)13/h6H,2-5H2,1H3. The van der Waals surface area contributed by atoms with Crippen LogP contribution in [0, 0.1) is 12.8 Å². The minimum absolute atomic E-state index is 0.205. The number of hydrogen-bond donors (Lipinski definition) is 0. The molecular formula is C8H12F5. The fraction of sp³-hybridized carbons (Fsp3) is 0.875. The van der Waals surface area contributed by atoms with Crippen molar-refractivity contribution in [3.63, 3.8) is 0 Å². The third-order valence-corrected chi connectivity index (χ3v) is 1.80. The van der Waals surface area contributed by atoms with E-state index in [2.05, 4.69) is 6.92 Å². The van der Waals surface area contributed by atoms with Gasteiger partial charge in [-0.05, 0) is 13.3 Å². The molecule has 1 atom stereocenters. The van der Waals surface area contributed by atoms with Crippen molar-refractivity contribution in [3.8, 4) is 0 Å². The molecule has 0 rings (SSSR count). The van der Waals surface area contributed by atoms with E-state index in [1.807, 2.05) is 0 Å². The van der Waals surface area contributed by atoms with Gasteiger partial charge in [-0.15, -0.1) is 0 Å². The molecule has 0 amide bonds. The predicted molar refractivity (Wildman–Crippen MR) is 39.4 cm³/mol. The first-order valence-electron chi connectivity index (χ1n) is 4.01. The SMILES string of the molecule is [CH2]C(CCCC)C(F)(F)C(F)(F)F. The second kappa shape index (κ2) is 4.24. The van der Waals surface area contributed by atoms with Crippen molar-refractivity contribution < 1.29 is 22.0 Å². The molecule has 0 saturated carbocycles. The van der Waals surface area contributed by atoms with Gasteiger partial charge in [-0.1, -0.05) is 19.8 Å². The lowest BCUT2D eigenvalue weighted by molar-refractivity contribution is -0.297. The van der Waals surface area contributed by atoms with Crippen LogP contribution in [-0.2, 0) is 0 Å². The van der Waals surface area contributed by atoms with Crippen molar-refractivity contribution in [1.82, 2.24) is 0 Å². The molecule has 13 heavy (non-hydrogen) atoms. The zero-order chi connectivity index (χ0) is 10.7. The monoisotopic (exact) mass is 203 g/mol. The molecule has 0 aliphatic rings. The molecule has 0 aromatic carbocycles. The number of hydrogen-bond acceptors (Lipinski definition) is 0. The molecule has 0 spiro atoms. The van der Waals surface area contributed by atoms with E-state index >= 15 is 0 Å². The molecule has 0 aromatic heterocycles. The second-order valence-corrected chi connectivity index (χ2v) is 2.96. The lowest BCUT2D eigenvalue weighted by Gasteiger charge is -2.25. The molecule has 1 unspecified atom stereocenters. The lowest BCUT2D eigenvalue weighted by atomic mass is 9.97. The number of rotatable bonds is 4. The molecule has 0 bridgehead atoms. The lowest BCUT2D eigenvalue weighted by Crippen LogP contribution is -2.42. The highest BCUT2D eigenvalue weighted by Crippen LogP contribution is 2.42. The Labute approximate surface area is 74.1 Å². The summed E-state index contributed by atoms with van der Waals surface area (Å²) >= 11 is 0. The summed E-state index contributed by atoms with van der Waals surface area (Å²) < 4.78 is 60.1. The van der Waals surface area contributed by atoms with Gasteiger partial charge in [0.05, 0.1) is 0 Å². The van der Waals surface area contributed by atoms with Crippen molar-refractivity contribution in [2.75, 3.05) is 0 Å². The van der Waals surface area contributed by atoms with E-state index in [-0.39, 0.29) is 6.42 Å². The van der Waals surface area contributed by atoms with Crippen LogP contribution in [-0.4, -0.2) is 12.1 Å². The van der Waals surface area contributed by atoms with Gasteiger partial charge in [0, 0.05) is 5.92 Å². The molecule has 0 saturated heterocycles. The van der Waals surface area contributed by atoms with Gasteiger partial charge < -0.3 is 0 Å². The molecular weight excluding hydrogens is 191 g/mol. The third-order valence-electron chi connectivity index (χ3n) is 1.80. The van der Waals surface area contributed by atoms with E-state index in [9.17, 15) is 22.0 Å². The quantitative estimate of drug-likeness (QED) is 0.609. The summed E-state index contributed by atoms with van der Waals surface area (Å²) in [4.78, 5) is 0. The zero-order valence-corrected chi connectivity index (χ0v) is 7.30. The Bertz CT molecular complexity index is 149. The molecule has 0 heterocycles. The van der Waals surface area contributed by atoms with Crippen molar-refractivity contribution >= 4 is 0 Å². The minimum Gasteiger partial charge on any atom is -0.196 e. The van der Waals surface area contributed by atoms with E-state index in [0.717, 1.165) is 0 Å². The van der Waals surface area contributed by atoms with E-state index in [1.165, 1.54) is 0 Å². The fourth-order valence-corrected chi connectivity index (χ4v) is 0.863. The van der Waals surface area contributed by atoms with Gasteiger partial charge in [0.25, 0.3) is 0 Å². The summed E-state index contributed by atoms with van der Waals surface area (Å²) in [6.45, 7) is 4.56. The molecule has 0 N–H and O–H groups in total. The molecule has 0 nitrogen and oxygen atoms in total. The van der Waals surface area contributed by atoms with E-state index in [4.69, 9.17) is 0 Å². The van der Waals surface area contributed by atoms with Crippen molar-refractivity contribution in [2.24, 2.45) is 5.92 Å². The van der Waals surface area contributed by atoms with Crippen LogP contribution in [0.5, 0.6) is 0 Å².